The van der Waals surface area contributed by atoms with Crippen LogP contribution in [0, 0.1) is 10.8 Å². The summed E-state index contributed by atoms with van der Waals surface area (Å²) >= 11 is 0. The molecule has 0 atom stereocenters. The quantitative estimate of drug-likeness (QED) is 0.487. The molecule has 0 aliphatic rings. The maximum Gasteiger partial charge on any atom is 0.573 e. The summed E-state index contributed by atoms with van der Waals surface area (Å²) in [6.45, 7) is 0. The van der Waals surface area contributed by atoms with E-state index in [2.05, 4.69) is 9.84 Å². The molecule has 0 saturated carbocycles. The average molecular weight is 380 g/mol. The monoisotopic (exact) mass is 380 g/mol. The Balaban J connectivity index is 2.52. The van der Waals surface area contributed by atoms with Crippen molar-refractivity contribution in [2.24, 2.45) is 0 Å². The lowest BCUT2D eigenvalue weighted by Gasteiger charge is -2.14. The van der Waals surface area contributed by atoms with Crippen LogP contribution in [-0.2, 0) is 0 Å². The molecule has 6 nitrogen and oxygen atoms in total. The SMILES string of the molecule is COc1cc(OC(F)(F)F)ccc1-c1ccc(=N)n(C(=N)C(F)(F)F)n1. The Hall–Kier alpha value is -3.05. The first-order chi connectivity index (χ1) is 11.9. The number of rotatable bonds is 3. The second kappa shape index (κ2) is 6.69. The molecule has 2 N–H and O–H groups in total. The Kier molecular flexibility index (Phi) is 4.96. The van der Waals surface area contributed by atoms with Gasteiger partial charge in [0.05, 0.1) is 12.8 Å². The van der Waals surface area contributed by atoms with Gasteiger partial charge >= 0.3 is 12.5 Å². The summed E-state index contributed by atoms with van der Waals surface area (Å²) in [6.07, 6.45) is -9.97. The van der Waals surface area contributed by atoms with E-state index in [9.17, 15) is 26.3 Å². The van der Waals surface area contributed by atoms with E-state index >= 15 is 0 Å². The number of methoxy groups -OCH3 is 1. The molecule has 1 heterocycles. The summed E-state index contributed by atoms with van der Waals surface area (Å²) in [7, 11) is 1.14. The molecule has 2 rings (SSSR count). The topological polar surface area (TPSA) is 84.0 Å². The number of hydrogen-bond donors (Lipinski definition) is 2. The van der Waals surface area contributed by atoms with Crippen LogP contribution >= 0.6 is 0 Å². The number of aromatic nitrogens is 2. The normalized spacial score (nSPS) is 12.0. The van der Waals surface area contributed by atoms with Crippen LogP contribution in [0.4, 0.5) is 26.3 Å². The van der Waals surface area contributed by atoms with Crippen LogP contribution in [0.1, 0.15) is 0 Å². The molecule has 0 saturated heterocycles. The Morgan fingerprint density at radius 3 is 2.27 bits per heavy atom. The highest BCUT2D eigenvalue weighted by molar-refractivity contribution is 5.86. The van der Waals surface area contributed by atoms with Gasteiger partial charge in [0, 0.05) is 11.6 Å². The van der Waals surface area contributed by atoms with Gasteiger partial charge in [0.2, 0.25) is 5.84 Å². The molecule has 0 aliphatic carbocycles. The van der Waals surface area contributed by atoms with Crippen LogP contribution < -0.4 is 15.0 Å². The van der Waals surface area contributed by atoms with Crippen molar-refractivity contribution < 1.29 is 35.8 Å². The lowest BCUT2D eigenvalue weighted by molar-refractivity contribution is -0.274. The first kappa shape index (κ1) is 19.3. The predicted molar refractivity (Wildman–Crippen MR) is 75.9 cm³/mol. The summed E-state index contributed by atoms with van der Waals surface area (Å²) < 4.78 is 83.6. The molecule has 0 spiro atoms. The number of ether oxygens (including phenoxy) is 2. The highest BCUT2D eigenvalue weighted by atomic mass is 19.4. The van der Waals surface area contributed by atoms with Gasteiger partial charge < -0.3 is 9.47 Å². The molecule has 26 heavy (non-hydrogen) atoms. The summed E-state index contributed by atoms with van der Waals surface area (Å²) in [6, 6.07) is 5.06. The van der Waals surface area contributed by atoms with Crippen molar-refractivity contribution >= 4 is 5.84 Å². The van der Waals surface area contributed by atoms with E-state index in [0.717, 1.165) is 31.4 Å². The lowest BCUT2D eigenvalue weighted by atomic mass is 10.1. The van der Waals surface area contributed by atoms with E-state index in [-0.39, 0.29) is 21.7 Å². The Morgan fingerprint density at radius 1 is 1.08 bits per heavy atom. The molecule has 1 aromatic carbocycles. The van der Waals surface area contributed by atoms with E-state index in [1.165, 1.54) is 6.07 Å². The maximum atomic E-state index is 12.7. The molecule has 140 valence electrons. The van der Waals surface area contributed by atoms with Gasteiger partial charge in [-0.1, -0.05) is 0 Å². The van der Waals surface area contributed by atoms with Gasteiger partial charge in [-0.15, -0.1) is 13.2 Å². The van der Waals surface area contributed by atoms with Gasteiger partial charge in [-0.25, -0.2) is 0 Å². The number of halogens is 6. The van der Waals surface area contributed by atoms with Crippen molar-refractivity contribution in [3.05, 3.63) is 35.8 Å². The first-order valence-corrected chi connectivity index (χ1v) is 6.67. The Bertz CT molecular complexity index is 888. The molecule has 0 aliphatic heterocycles. The fourth-order valence-corrected chi connectivity index (χ4v) is 1.94. The van der Waals surface area contributed by atoms with E-state index in [0.29, 0.717) is 0 Å². The zero-order chi connectivity index (χ0) is 19.7. The van der Waals surface area contributed by atoms with Crippen LogP contribution in [0.2, 0.25) is 0 Å². The molecule has 0 fully saturated rings. The molecule has 2 aromatic rings. The van der Waals surface area contributed by atoms with Crippen LogP contribution in [-0.4, -0.2) is 35.3 Å². The minimum Gasteiger partial charge on any atom is -0.496 e. The smallest absolute Gasteiger partial charge is 0.496 e. The molecule has 1 aromatic heterocycles. The minimum atomic E-state index is -5.04. The van der Waals surface area contributed by atoms with E-state index < -0.39 is 29.6 Å². The van der Waals surface area contributed by atoms with Gasteiger partial charge in [0.15, 0.2) is 0 Å². The molecule has 0 radical (unpaired) electrons. The molecule has 12 heteroatoms. The van der Waals surface area contributed by atoms with Gasteiger partial charge in [-0.2, -0.15) is 23.0 Å². The highest BCUT2D eigenvalue weighted by Crippen LogP contribution is 2.34. The summed E-state index contributed by atoms with van der Waals surface area (Å²) in [5.41, 5.74) is -0.803. The highest BCUT2D eigenvalue weighted by Gasteiger charge is 2.37. The van der Waals surface area contributed by atoms with Crippen molar-refractivity contribution in [1.29, 1.82) is 10.8 Å². The number of alkyl halides is 6. The van der Waals surface area contributed by atoms with Crippen molar-refractivity contribution in [3.63, 3.8) is 0 Å². The van der Waals surface area contributed by atoms with Crippen LogP contribution in [0.3, 0.4) is 0 Å². The minimum absolute atomic E-state index is 0.0470. The summed E-state index contributed by atoms with van der Waals surface area (Å²) in [5.74, 6) is -2.63. The van der Waals surface area contributed by atoms with Crippen molar-refractivity contribution in [3.8, 4) is 22.8 Å². The second-order valence-corrected chi connectivity index (χ2v) is 4.77. The van der Waals surface area contributed by atoms with Crippen LogP contribution in [0.5, 0.6) is 11.5 Å². The Labute approximate surface area is 141 Å². The number of hydrogen-bond acceptors (Lipinski definition) is 5. The Morgan fingerprint density at radius 2 is 1.73 bits per heavy atom. The van der Waals surface area contributed by atoms with E-state index in [1.807, 2.05) is 0 Å². The standard InChI is InChI=1S/C14H10F6N4O2/c1-25-10-6-7(26-14(18,19)20)2-3-8(10)9-4-5-11(21)24(23-9)12(22)13(15,16)17/h2-6,21-22H,1H3. The molecular formula is C14H10F6N4O2. The summed E-state index contributed by atoms with van der Waals surface area (Å²) in [5, 5.41) is 18.1. The average Bonchev–Trinajstić information content (AvgIpc) is 2.52. The molecule has 0 bridgehead atoms. The molecule has 0 unspecified atom stereocenters. The van der Waals surface area contributed by atoms with Crippen molar-refractivity contribution in [2.45, 2.75) is 12.5 Å². The fourth-order valence-electron chi connectivity index (χ4n) is 1.94. The van der Waals surface area contributed by atoms with Gasteiger partial charge in [0.25, 0.3) is 0 Å². The molecular weight excluding hydrogens is 370 g/mol. The van der Waals surface area contributed by atoms with Crippen LogP contribution in [0.25, 0.3) is 11.3 Å². The third kappa shape index (κ3) is 4.32. The van der Waals surface area contributed by atoms with E-state index in [1.54, 1.807) is 0 Å². The van der Waals surface area contributed by atoms with Crippen LogP contribution in [0.15, 0.2) is 30.3 Å². The van der Waals surface area contributed by atoms with Gasteiger partial charge in [-0.3, -0.25) is 10.8 Å². The number of benzene rings is 1. The first-order valence-electron chi connectivity index (χ1n) is 6.67. The van der Waals surface area contributed by atoms with Gasteiger partial charge in [0.1, 0.15) is 17.0 Å². The second-order valence-electron chi connectivity index (χ2n) is 4.77. The molecule has 0 amide bonds. The number of nitrogens with zero attached hydrogens (tertiary/aromatic N) is 2. The maximum absolute atomic E-state index is 12.7. The lowest BCUT2D eigenvalue weighted by Crippen LogP contribution is -2.38. The van der Waals surface area contributed by atoms with Crippen molar-refractivity contribution in [2.75, 3.05) is 7.11 Å². The largest absolute Gasteiger partial charge is 0.573 e. The number of nitrogens with one attached hydrogen (secondary N) is 2. The summed E-state index contributed by atoms with van der Waals surface area (Å²) in [4.78, 5) is 0. The van der Waals surface area contributed by atoms with E-state index in [4.69, 9.17) is 15.6 Å². The van der Waals surface area contributed by atoms with Crippen molar-refractivity contribution in [1.82, 2.24) is 9.78 Å². The zero-order valence-corrected chi connectivity index (χ0v) is 12.9. The van der Waals surface area contributed by atoms with Gasteiger partial charge in [-0.05, 0) is 24.3 Å². The third-order valence-electron chi connectivity index (χ3n) is 3.00. The third-order valence-corrected chi connectivity index (χ3v) is 3.00. The fraction of sp³-hybridized carbons (Fsp3) is 0.214. The predicted octanol–water partition coefficient (Wildman–Crippen LogP) is 3.32. The zero-order valence-electron chi connectivity index (χ0n) is 12.9.